The van der Waals surface area contributed by atoms with E-state index >= 15 is 0 Å². The maximum Gasteiger partial charge on any atom is 0.121 e. The van der Waals surface area contributed by atoms with Crippen LogP contribution >= 0.6 is 0 Å². The molecular formula is C46H46IrN2O-2. The molecule has 0 aliphatic heterocycles. The fourth-order valence-electron chi connectivity index (χ4n) is 5.40. The Hall–Kier alpha value is -4.37. The Morgan fingerprint density at radius 1 is 0.820 bits per heavy atom. The van der Waals surface area contributed by atoms with Crippen LogP contribution in [0.25, 0.3) is 44.5 Å². The molecule has 7 rings (SSSR count). The first-order chi connectivity index (χ1) is 28.9. The van der Waals surface area contributed by atoms with Crippen LogP contribution in [0.1, 0.15) is 98.6 Å². The number of benzene rings is 4. The van der Waals surface area contributed by atoms with E-state index in [2.05, 4.69) is 22.1 Å². The first-order valence-corrected chi connectivity index (χ1v) is 15.9. The number of hydrogen-bond acceptors (Lipinski definition) is 3. The summed E-state index contributed by atoms with van der Waals surface area (Å²) in [5, 5.41) is 1.56. The van der Waals surface area contributed by atoms with Crippen molar-refractivity contribution in [2.75, 3.05) is 0 Å². The monoisotopic (exact) mass is 849 g/mol. The molecule has 0 atom stereocenters. The molecule has 0 spiro atoms. The predicted molar refractivity (Wildman–Crippen MR) is 205 cm³/mol. The predicted octanol–water partition coefficient (Wildman–Crippen LogP) is 12.2. The molecule has 7 aromatic rings. The molecule has 50 heavy (non-hydrogen) atoms. The van der Waals surface area contributed by atoms with Crippen LogP contribution in [0.5, 0.6) is 0 Å². The molecular weight excluding hydrogens is 789 g/mol. The molecule has 1 radical (unpaired) electrons. The summed E-state index contributed by atoms with van der Waals surface area (Å²) < 4.78 is 118. The molecule has 0 saturated carbocycles. The van der Waals surface area contributed by atoms with E-state index in [9.17, 15) is 0 Å². The Balaban J connectivity index is 0.000000266. The first kappa shape index (κ1) is 22.4. The third-order valence-electron chi connectivity index (χ3n) is 7.70. The van der Waals surface area contributed by atoms with Crippen molar-refractivity contribution >= 4 is 21.9 Å². The van der Waals surface area contributed by atoms with Gasteiger partial charge in [0.05, 0.1) is 5.58 Å². The van der Waals surface area contributed by atoms with Gasteiger partial charge in [0.2, 0.25) is 0 Å². The number of aromatic nitrogens is 2. The van der Waals surface area contributed by atoms with Crippen LogP contribution < -0.4 is 0 Å². The second-order valence-corrected chi connectivity index (χ2v) is 13.0. The van der Waals surface area contributed by atoms with Crippen molar-refractivity contribution in [2.45, 2.75) is 73.8 Å². The Morgan fingerprint density at radius 3 is 2.30 bits per heavy atom. The maximum atomic E-state index is 8.82. The van der Waals surface area contributed by atoms with Crippen LogP contribution in [0.15, 0.2) is 108 Å². The van der Waals surface area contributed by atoms with Gasteiger partial charge in [-0.1, -0.05) is 113 Å². The summed E-state index contributed by atoms with van der Waals surface area (Å²) in [6.07, 6.45) is -1.21. The number of furan rings is 1. The third kappa shape index (κ3) is 8.67. The zero-order chi connectivity index (χ0) is 46.7. The molecule has 0 saturated heterocycles. The molecule has 0 fully saturated rings. The fraction of sp³-hybridized carbons (Fsp3) is 0.261. The van der Waals surface area contributed by atoms with Crippen molar-refractivity contribution in [2.24, 2.45) is 5.41 Å². The molecule has 0 bridgehead atoms. The van der Waals surface area contributed by atoms with Crippen molar-refractivity contribution in [3.8, 4) is 22.5 Å². The Bertz CT molecular complexity index is 2760. The SMILES string of the molecule is [2H]C([2H])([2H])c1c[c-]c(-c2cc(C([2H])(C)C)c(C([2H])([2H])[2H])cn2)cc1.[2H]C([2H])([2H])c1cnc(-c2[c-]ccc3c2oc2cc(C([2H])([2H])c4ccccc4)ccc23)cc1C([2H])([2H])C(C)(C)C.[Ir]. The van der Waals surface area contributed by atoms with Gasteiger partial charge in [-0.25, -0.2) is 0 Å². The maximum absolute atomic E-state index is 8.82. The van der Waals surface area contributed by atoms with Crippen LogP contribution in [-0.4, -0.2) is 9.97 Å². The quantitative estimate of drug-likeness (QED) is 0.157. The molecule has 0 aliphatic rings. The van der Waals surface area contributed by atoms with Crippen LogP contribution in [-0.2, 0) is 32.9 Å². The van der Waals surface area contributed by atoms with E-state index in [4.69, 9.17) is 23.6 Å². The van der Waals surface area contributed by atoms with Gasteiger partial charge in [0.15, 0.2) is 0 Å². The van der Waals surface area contributed by atoms with Crippen LogP contribution in [0.2, 0.25) is 0 Å². The third-order valence-corrected chi connectivity index (χ3v) is 7.70. The van der Waals surface area contributed by atoms with Crippen molar-refractivity contribution in [1.29, 1.82) is 0 Å². The largest absolute Gasteiger partial charge is 0.501 e. The summed E-state index contributed by atoms with van der Waals surface area (Å²) in [4.78, 5) is 8.58. The molecule has 3 aromatic heterocycles. The Labute approximate surface area is 331 Å². The number of hydrogen-bond donors (Lipinski definition) is 0. The van der Waals surface area contributed by atoms with E-state index in [0.29, 0.717) is 50.4 Å². The van der Waals surface area contributed by atoms with Crippen LogP contribution in [0, 0.1) is 38.1 Å². The number of aryl methyl sites for hydroxylation is 3. The van der Waals surface area contributed by atoms with Gasteiger partial charge in [-0.2, -0.15) is 0 Å². The first-order valence-electron chi connectivity index (χ1n) is 22.9. The molecule has 257 valence electrons. The van der Waals surface area contributed by atoms with Crippen LogP contribution in [0.3, 0.4) is 0 Å². The zero-order valence-corrected chi connectivity index (χ0v) is 30.8. The second kappa shape index (κ2) is 15.7. The minimum atomic E-state index is -2.54. The standard InChI is InChI=1S/C30H28NO.C16H18N.Ir/c1-20-19-31-27(17-23(20)18-30(2,3)4)26-12-8-11-25-24-14-13-22(16-28(24)32-29(25)26)15-21-9-6-5-7-10-21;1-11(2)15-9-16(17-10-13(15)4)14-7-5-12(3)6-8-14;/h5-11,13-14,16-17,19H,15,18H2,1-4H3;5-7,9-11H,1-4H3;/q2*-1;/i1D3,15D2,18D2;3D3,4D3,11D;. The van der Waals surface area contributed by atoms with E-state index in [1.54, 1.807) is 89.2 Å². The minimum Gasteiger partial charge on any atom is -0.501 e. The zero-order valence-electron chi connectivity index (χ0n) is 42.5. The fourth-order valence-corrected chi connectivity index (χ4v) is 5.40. The molecule has 0 N–H and O–H groups in total. The van der Waals surface area contributed by atoms with E-state index in [1.807, 2.05) is 18.2 Å². The summed E-state index contributed by atoms with van der Waals surface area (Å²) in [6.45, 7) is 1.32. The molecule has 0 aliphatic carbocycles. The summed E-state index contributed by atoms with van der Waals surface area (Å²) in [7, 11) is 0. The molecule has 4 heteroatoms. The second-order valence-electron chi connectivity index (χ2n) is 13.0. The average Bonchev–Trinajstić information content (AvgIpc) is 3.58. The van der Waals surface area contributed by atoms with Gasteiger partial charge in [0, 0.05) is 57.1 Å². The molecule has 3 heterocycles. The summed E-state index contributed by atoms with van der Waals surface area (Å²) in [5.74, 6) is -1.11. The van der Waals surface area contributed by atoms with Gasteiger partial charge in [-0.15, -0.1) is 53.6 Å². The van der Waals surface area contributed by atoms with Crippen LogP contribution in [0.4, 0.5) is 0 Å². The van der Waals surface area contributed by atoms with Gasteiger partial charge in [-0.05, 0) is 83.0 Å². The van der Waals surface area contributed by atoms with E-state index in [-0.39, 0.29) is 42.4 Å². The molecule has 0 unspecified atom stereocenters. The van der Waals surface area contributed by atoms with Gasteiger partial charge < -0.3 is 14.4 Å². The normalized spacial score (nSPS) is 17.1. The van der Waals surface area contributed by atoms with Gasteiger partial charge in [0.1, 0.15) is 5.58 Å². The van der Waals surface area contributed by atoms with Gasteiger partial charge in [0.25, 0.3) is 0 Å². The number of nitrogens with zero attached hydrogens (tertiary/aromatic N) is 2. The summed E-state index contributed by atoms with van der Waals surface area (Å²) >= 11 is 0. The topological polar surface area (TPSA) is 38.9 Å². The number of pyridine rings is 2. The summed E-state index contributed by atoms with van der Waals surface area (Å²) in [5.41, 5.74) is 3.38. The van der Waals surface area contributed by atoms with E-state index < -0.39 is 44.6 Å². The number of fused-ring (bicyclic) bond motifs is 3. The number of rotatable bonds is 6. The van der Waals surface area contributed by atoms with Crippen molar-refractivity contribution in [3.63, 3.8) is 0 Å². The molecule has 0 amide bonds. The Morgan fingerprint density at radius 2 is 1.60 bits per heavy atom. The van der Waals surface area contributed by atoms with E-state index in [0.717, 1.165) is 10.8 Å². The smallest absolute Gasteiger partial charge is 0.121 e. The summed E-state index contributed by atoms with van der Waals surface area (Å²) in [6, 6.07) is 31.3. The van der Waals surface area contributed by atoms with Crippen molar-refractivity contribution in [3.05, 3.63) is 154 Å². The van der Waals surface area contributed by atoms with Crippen molar-refractivity contribution < 1.29 is 43.7 Å². The minimum absolute atomic E-state index is 0. The van der Waals surface area contributed by atoms with Gasteiger partial charge >= 0.3 is 0 Å². The molecule has 4 aromatic carbocycles. The van der Waals surface area contributed by atoms with Crippen molar-refractivity contribution in [1.82, 2.24) is 9.97 Å². The van der Waals surface area contributed by atoms with Gasteiger partial charge in [-0.3, -0.25) is 0 Å². The Kier molecular flexibility index (Phi) is 7.04. The average molecular weight is 849 g/mol. The van der Waals surface area contributed by atoms with E-state index in [1.165, 1.54) is 30.6 Å². The molecule has 3 nitrogen and oxygen atoms in total.